The van der Waals surface area contributed by atoms with Crippen LogP contribution in [0.25, 0.3) is 0 Å². The van der Waals surface area contributed by atoms with E-state index < -0.39 is 10.0 Å². The van der Waals surface area contributed by atoms with E-state index in [9.17, 15) is 13.2 Å². The maximum Gasteiger partial charge on any atom is 0.282 e. The molecule has 0 heterocycles. The summed E-state index contributed by atoms with van der Waals surface area (Å²) in [6.45, 7) is 1.92. The van der Waals surface area contributed by atoms with Crippen LogP contribution in [0.5, 0.6) is 0 Å². The normalized spacial score (nSPS) is 27.6. The third-order valence-electron chi connectivity index (χ3n) is 5.88. The van der Waals surface area contributed by atoms with Gasteiger partial charge in [-0.3, -0.25) is 4.79 Å². The molecule has 1 aromatic rings. The van der Waals surface area contributed by atoms with Crippen LogP contribution >= 0.6 is 0 Å². The van der Waals surface area contributed by atoms with Crippen LogP contribution in [0.2, 0.25) is 0 Å². The van der Waals surface area contributed by atoms with Gasteiger partial charge in [0.05, 0.1) is 10.6 Å². The number of allylic oxidation sites excluding steroid dienone is 8. The van der Waals surface area contributed by atoms with Gasteiger partial charge in [-0.15, -0.1) is 0 Å². The van der Waals surface area contributed by atoms with Gasteiger partial charge in [-0.2, -0.15) is 12.8 Å². The number of sulfonamides is 1. The van der Waals surface area contributed by atoms with Crippen molar-refractivity contribution >= 4 is 21.5 Å². The third-order valence-corrected chi connectivity index (χ3v) is 7.17. The van der Waals surface area contributed by atoms with Crippen molar-refractivity contribution in [2.75, 3.05) is 0 Å². The number of hydrogen-bond donors (Lipinski definition) is 0. The lowest BCUT2D eigenvalue weighted by Crippen LogP contribution is -2.28. The number of aryl methyl sites for hydroxylation is 1. The molecule has 0 saturated carbocycles. The van der Waals surface area contributed by atoms with Gasteiger partial charge in [0.25, 0.3) is 10.0 Å². The molecule has 0 spiro atoms. The second-order valence-corrected chi connectivity index (χ2v) is 9.16. The molecule has 4 nitrogen and oxygen atoms in total. The maximum absolute atomic E-state index is 13.1. The van der Waals surface area contributed by atoms with Gasteiger partial charge in [-0.25, -0.2) is 0 Å². The summed E-state index contributed by atoms with van der Waals surface area (Å²) in [5, 5.41) is 0. The fourth-order valence-electron chi connectivity index (χ4n) is 4.55. The maximum atomic E-state index is 13.1. The number of benzene rings is 1. The first-order valence-corrected chi connectivity index (χ1v) is 10.7. The zero-order valence-electron chi connectivity index (χ0n) is 15.0. The lowest BCUT2D eigenvalue weighted by molar-refractivity contribution is -0.112. The SMILES string of the molecule is Cc1ccc(S(=O)(=O)/N=C2/C3=C(CC=CC3)C(=O)C3=C2C2C=CC3C2)cc1. The smallest absolute Gasteiger partial charge is 0.282 e. The van der Waals surface area contributed by atoms with Crippen LogP contribution in [-0.2, 0) is 14.8 Å². The van der Waals surface area contributed by atoms with Gasteiger partial charge in [-0.1, -0.05) is 42.0 Å². The average molecular weight is 377 g/mol. The van der Waals surface area contributed by atoms with Crippen LogP contribution < -0.4 is 0 Å². The summed E-state index contributed by atoms with van der Waals surface area (Å²) in [6, 6.07) is 6.73. The number of fused-ring (bicyclic) bond motifs is 4. The predicted octanol–water partition coefficient (Wildman–Crippen LogP) is 3.86. The zero-order chi connectivity index (χ0) is 18.8. The summed E-state index contributed by atoms with van der Waals surface area (Å²) in [6.07, 6.45) is 10.1. The molecule has 2 unspecified atom stereocenters. The Morgan fingerprint density at radius 3 is 2.26 bits per heavy atom. The molecule has 5 heteroatoms. The van der Waals surface area contributed by atoms with Crippen molar-refractivity contribution in [2.24, 2.45) is 16.2 Å². The van der Waals surface area contributed by atoms with Crippen molar-refractivity contribution in [1.82, 2.24) is 0 Å². The summed E-state index contributed by atoms with van der Waals surface area (Å²) >= 11 is 0. The van der Waals surface area contributed by atoms with E-state index in [2.05, 4.69) is 16.5 Å². The molecule has 27 heavy (non-hydrogen) atoms. The van der Waals surface area contributed by atoms with Gasteiger partial charge < -0.3 is 0 Å². The minimum atomic E-state index is -3.84. The fraction of sp³-hybridized carbons (Fsp3) is 0.273. The molecule has 0 fully saturated rings. The topological polar surface area (TPSA) is 63.6 Å². The van der Waals surface area contributed by atoms with Gasteiger partial charge in [0, 0.05) is 23.0 Å². The lowest BCUT2D eigenvalue weighted by atomic mass is 9.76. The molecule has 4 aliphatic carbocycles. The number of hydrogen-bond acceptors (Lipinski definition) is 3. The Bertz CT molecular complexity index is 1130. The van der Waals surface area contributed by atoms with E-state index in [0.717, 1.165) is 34.3 Å². The average Bonchev–Trinajstić information content (AvgIpc) is 3.27. The van der Waals surface area contributed by atoms with E-state index >= 15 is 0 Å². The summed E-state index contributed by atoms with van der Waals surface area (Å²) in [4.78, 5) is 13.2. The highest BCUT2D eigenvalue weighted by molar-refractivity contribution is 7.90. The molecule has 0 aliphatic heterocycles. The van der Waals surface area contributed by atoms with E-state index in [-0.39, 0.29) is 22.5 Å². The molecular formula is C22H19NO3S. The van der Waals surface area contributed by atoms with Crippen LogP contribution in [0.4, 0.5) is 0 Å². The Labute approximate surface area is 158 Å². The minimum absolute atomic E-state index is 0.0906. The van der Waals surface area contributed by atoms with E-state index in [4.69, 9.17) is 0 Å². The highest BCUT2D eigenvalue weighted by Gasteiger charge is 2.45. The third kappa shape index (κ3) is 2.45. The van der Waals surface area contributed by atoms with Crippen LogP contribution in [0, 0.1) is 18.8 Å². The van der Waals surface area contributed by atoms with E-state index in [1.165, 1.54) is 0 Å². The molecule has 4 aliphatic rings. The Kier molecular flexibility index (Phi) is 3.53. The van der Waals surface area contributed by atoms with Crippen LogP contribution in [-0.4, -0.2) is 19.9 Å². The van der Waals surface area contributed by atoms with Gasteiger partial charge in [0.15, 0.2) is 5.78 Å². The van der Waals surface area contributed by atoms with E-state index in [1.807, 2.05) is 19.1 Å². The molecule has 136 valence electrons. The van der Waals surface area contributed by atoms with Crippen LogP contribution in [0.1, 0.15) is 24.8 Å². The summed E-state index contributed by atoms with van der Waals surface area (Å²) in [5.74, 6) is 0.290. The Hall–Kier alpha value is -2.53. The molecule has 0 N–H and O–H groups in total. The van der Waals surface area contributed by atoms with E-state index in [1.54, 1.807) is 24.3 Å². The molecule has 0 amide bonds. The number of carbonyl (C=O) groups excluding carboxylic acids is 1. The first-order chi connectivity index (χ1) is 13.0. The quantitative estimate of drug-likeness (QED) is 0.581. The summed E-state index contributed by atoms with van der Waals surface area (Å²) < 4.78 is 30.3. The standard InChI is InChI=1S/C22H19NO3S/c1-13-6-10-16(11-7-13)27(25,26)23-21-17-4-2-3-5-18(17)22(24)20-15-9-8-14(12-15)19(20)21/h2-3,6-11,14-15H,4-5,12H2,1H3/b23-21-. The molecule has 5 rings (SSSR count). The monoisotopic (exact) mass is 377 g/mol. The van der Waals surface area contributed by atoms with Crippen molar-refractivity contribution in [1.29, 1.82) is 0 Å². The molecular weight excluding hydrogens is 358 g/mol. The summed E-state index contributed by atoms with van der Waals surface area (Å²) in [7, 11) is -3.84. The largest absolute Gasteiger partial charge is 0.289 e. The number of carbonyl (C=O) groups is 1. The van der Waals surface area contributed by atoms with Gasteiger partial charge in [-0.05, 0) is 49.5 Å². The van der Waals surface area contributed by atoms with Crippen molar-refractivity contribution in [3.63, 3.8) is 0 Å². The molecule has 0 aromatic heterocycles. The molecule has 0 radical (unpaired) electrons. The van der Waals surface area contributed by atoms with Gasteiger partial charge in [0.1, 0.15) is 0 Å². The minimum Gasteiger partial charge on any atom is -0.289 e. The predicted molar refractivity (Wildman–Crippen MR) is 104 cm³/mol. The first-order valence-electron chi connectivity index (χ1n) is 9.22. The number of nitrogens with zero attached hydrogens (tertiary/aromatic N) is 1. The molecule has 0 saturated heterocycles. The fourth-order valence-corrected chi connectivity index (χ4v) is 5.59. The number of rotatable bonds is 2. The Morgan fingerprint density at radius 1 is 0.926 bits per heavy atom. The molecule has 1 aromatic carbocycles. The molecule has 2 bridgehead atoms. The van der Waals surface area contributed by atoms with E-state index in [0.29, 0.717) is 18.6 Å². The lowest BCUT2D eigenvalue weighted by Gasteiger charge is -2.28. The van der Waals surface area contributed by atoms with Crippen molar-refractivity contribution < 1.29 is 13.2 Å². The van der Waals surface area contributed by atoms with Gasteiger partial charge in [0.2, 0.25) is 0 Å². The van der Waals surface area contributed by atoms with Crippen LogP contribution in [0.15, 0.2) is 80.2 Å². The summed E-state index contributed by atoms with van der Waals surface area (Å²) in [5.41, 5.74) is 4.64. The molecule has 2 atom stereocenters. The van der Waals surface area contributed by atoms with Gasteiger partial charge >= 0.3 is 0 Å². The van der Waals surface area contributed by atoms with Crippen LogP contribution in [0.3, 0.4) is 0 Å². The van der Waals surface area contributed by atoms with Crippen molar-refractivity contribution in [3.05, 3.63) is 76.4 Å². The van der Waals surface area contributed by atoms with Crippen molar-refractivity contribution in [3.8, 4) is 0 Å². The number of Topliss-reactive ketones (excluding diaryl/α,β-unsaturated/α-hetero) is 1. The highest BCUT2D eigenvalue weighted by Crippen LogP contribution is 2.50. The highest BCUT2D eigenvalue weighted by atomic mass is 32.2. The first kappa shape index (κ1) is 16.6. The second-order valence-electron chi connectivity index (χ2n) is 7.55. The van der Waals surface area contributed by atoms with Crippen molar-refractivity contribution in [2.45, 2.75) is 31.1 Å². The second kappa shape index (κ2) is 5.73. The zero-order valence-corrected chi connectivity index (χ0v) is 15.8. The Balaban J connectivity index is 1.69. The number of ketones is 1. The Morgan fingerprint density at radius 2 is 1.56 bits per heavy atom.